The Morgan fingerprint density at radius 1 is 1.21 bits per heavy atom. The Balaban J connectivity index is 2.39. The van der Waals surface area contributed by atoms with E-state index in [1.54, 1.807) is 6.26 Å². The highest BCUT2D eigenvalue weighted by Gasteiger charge is 2.02. The molecule has 0 fully saturated rings. The number of benzene rings is 1. The molecule has 2 heteroatoms. The van der Waals surface area contributed by atoms with Gasteiger partial charge in [-0.25, -0.2) is 0 Å². The maximum absolute atomic E-state index is 5.89. The summed E-state index contributed by atoms with van der Waals surface area (Å²) >= 11 is 5.89. The van der Waals surface area contributed by atoms with Gasteiger partial charge in [-0.1, -0.05) is 23.7 Å². The van der Waals surface area contributed by atoms with E-state index in [0.29, 0.717) is 6.42 Å². The zero-order valence-electron chi connectivity index (χ0n) is 7.66. The third-order valence-electron chi connectivity index (χ3n) is 2.06. The van der Waals surface area contributed by atoms with Gasteiger partial charge < -0.3 is 4.42 Å². The molecule has 1 aromatic heterocycles. The number of furan rings is 1. The smallest absolute Gasteiger partial charge is 0.104 e. The van der Waals surface area contributed by atoms with Crippen molar-refractivity contribution in [2.45, 2.75) is 6.42 Å². The molecule has 0 bridgehead atoms. The molecule has 0 atom stereocenters. The largest absolute Gasteiger partial charge is 0.469 e. The van der Waals surface area contributed by atoms with Crippen molar-refractivity contribution in [1.29, 1.82) is 0 Å². The predicted octanol–water partition coefficient (Wildman–Crippen LogP) is 3.98. The van der Waals surface area contributed by atoms with Gasteiger partial charge in [0.25, 0.3) is 0 Å². The van der Waals surface area contributed by atoms with Crippen LogP contribution in [0.2, 0.25) is 5.02 Å². The van der Waals surface area contributed by atoms with E-state index in [4.69, 9.17) is 16.0 Å². The van der Waals surface area contributed by atoms with Gasteiger partial charge in [-0.3, -0.25) is 0 Å². The van der Waals surface area contributed by atoms with Gasteiger partial charge in [-0.15, -0.1) is 0 Å². The molecule has 1 radical (unpaired) electrons. The monoisotopic (exact) mass is 205 g/mol. The van der Waals surface area contributed by atoms with E-state index >= 15 is 0 Å². The van der Waals surface area contributed by atoms with Crippen molar-refractivity contribution in [2.24, 2.45) is 0 Å². The molecule has 14 heavy (non-hydrogen) atoms. The van der Waals surface area contributed by atoms with Crippen LogP contribution in [0.3, 0.4) is 0 Å². The summed E-state index contributed by atoms with van der Waals surface area (Å²) < 4.78 is 5.30. The van der Waals surface area contributed by atoms with Gasteiger partial charge in [0.15, 0.2) is 0 Å². The van der Waals surface area contributed by atoms with E-state index in [1.165, 1.54) is 0 Å². The van der Waals surface area contributed by atoms with Gasteiger partial charge in [-0.05, 0) is 30.7 Å². The van der Waals surface area contributed by atoms with Crippen LogP contribution in [0.4, 0.5) is 0 Å². The van der Waals surface area contributed by atoms with Crippen molar-refractivity contribution >= 4 is 11.6 Å². The minimum atomic E-state index is 0.667. The molecule has 0 saturated carbocycles. The summed E-state index contributed by atoms with van der Waals surface area (Å²) in [5, 5.41) is 0.736. The number of hydrogen-bond acceptors (Lipinski definition) is 1. The van der Waals surface area contributed by atoms with Crippen molar-refractivity contribution in [1.82, 2.24) is 0 Å². The molecule has 2 aromatic rings. The first-order chi connectivity index (χ1) is 6.79. The summed E-state index contributed by atoms with van der Waals surface area (Å²) in [5.74, 6) is 0.889. The molecule has 0 aliphatic carbocycles. The SMILES string of the molecule is [CH2]Cc1cc(-c2cccc(Cl)c2)co1. The number of halogens is 1. The topological polar surface area (TPSA) is 13.1 Å². The zero-order valence-corrected chi connectivity index (χ0v) is 8.42. The lowest BCUT2D eigenvalue weighted by Crippen LogP contribution is -1.73. The lowest BCUT2D eigenvalue weighted by molar-refractivity contribution is 0.523. The van der Waals surface area contributed by atoms with Gasteiger partial charge in [0.1, 0.15) is 5.76 Å². The Labute approximate surface area is 88.3 Å². The fourth-order valence-corrected chi connectivity index (χ4v) is 1.52. The van der Waals surface area contributed by atoms with Crippen molar-refractivity contribution in [3.8, 4) is 11.1 Å². The molecular formula is C12H10ClO. The van der Waals surface area contributed by atoms with Crippen LogP contribution >= 0.6 is 11.6 Å². The Bertz CT molecular complexity index is 431. The normalized spacial score (nSPS) is 10.4. The molecule has 1 nitrogen and oxygen atoms in total. The van der Waals surface area contributed by atoms with Gasteiger partial charge >= 0.3 is 0 Å². The van der Waals surface area contributed by atoms with Crippen LogP contribution in [0.25, 0.3) is 11.1 Å². The second kappa shape index (κ2) is 3.89. The second-order valence-electron chi connectivity index (χ2n) is 3.06. The molecule has 0 spiro atoms. The van der Waals surface area contributed by atoms with Gasteiger partial charge in [0, 0.05) is 17.0 Å². The molecule has 1 aromatic carbocycles. The Morgan fingerprint density at radius 2 is 2.07 bits per heavy atom. The average molecular weight is 206 g/mol. The molecule has 1 heterocycles. The zero-order chi connectivity index (χ0) is 9.97. The average Bonchev–Trinajstić information content (AvgIpc) is 2.66. The summed E-state index contributed by atoms with van der Waals surface area (Å²) in [6.07, 6.45) is 2.40. The van der Waals surface area contributed by atoms with Crippen molar-refractivity contribution < 1.29 is 4.42 Å². The van der Waals surface area contributed by atoms with Crippen molar-refractivity contribution in [3.05, 3.63) is 54.3 Å². The fraction of sp³-hybridized carbons (Fsp3) is 0.0833. The first kappa shape index (κ1) is 9.35. The maximum Gasteiger partial charge on any atom is 0.104 e. The summed E-state index contributed by atoms with van der Waals surface area (Å²) in [5.41, 5.74) is 2.12. The first-order valence-electron chi connectivity index (χ1n) is 4.42. The standard InChI is InChI=1S/C12H10ClO/c1-2-12-7-10(8-14-12)9-4-3-5-11(13)6-9/h3-8H,1-2H2. The summed E-state index contributed by atoms with van der Waals surface area (Å²) in [4.78, 5) is 0. The molecule has 0 aliphatic rings. The number of hydrogen-bond donors (Lipinski definition) is 0. The number of rotatable bonds is 2. The molecule has 0 unspecified atom stereocenters. The molecule has 0 aliphatic heterocycles. The molecule has 71 valence electrons. The van der Waals surface area contributed by atoms with Crippen LogP contribution < -0.4 is 0 Å². The molecule has 0 saturated heterocycles. The van der Waals surface area contributed by atoms with Gasteiger partial charge in [-0.2, -0.15) is 0 Å². The molecule has 0 N–H and O–H groups in total. The Hall–Kier alpha value is -1.21. The van der Waals surface area contributed by atoms with E-state index in [2.05, 4.69) is 6.92 Å². The third-order valence-corrected chi connectivity index (χ3v) is 2.29. The summed E-state index contributed by atoms with van der Waals surface area (Å²) in [6.45, 7) is 3.76. The van der Waals surface area contributed by atoms with E-state index in [-0.39, 0.29) is 0 Å². The van der Waals surface area contributed by atoms with Crippen LogP contribution in [0.5, 0.6) is 0 Å². The van der Waals surface area contributed by atoms with Crippen LogP contribution in [0, 0.1) is 6.92 Å². The van der Waals surface area contributed by atoms with E-state index in [0.717, 1.165) is 21.9 Å². The predicted molar refractivity (Wildman–Crippen MR) is 58.2 cm³/mol. The lowest BCUT2D eigenvalue weighted by Gasteiger charge is -1.96. The fourth-order valence-electron chi connectivity index (χ4n) is 1.33. The highest BCUT2D eigenvalue weighted by Crippen LogP contribution is 2.24. The minimum Gasteiger partial charge on any atom is -0.469 e. The molecular weight excluding hydrogens is 196 g/mol. The van der Waals surface area contributed by atoms with E-state index < -0.39 is 0 Å². The quantitative estimate of drug-likeness (QED) is 0.723. The minimum absolute atomic E-state index is 0.667. The Morgan fingerprint density at radius 3 is 2.71 bits per heavy atom. The highest BCUT2D eigenvalue weighted by molar-refractivity contribution is 6.30. The summed E-state index contributed by atoms with van der Waals surface area (Å²) in [7, 11) is 0. The first-order valence-corrected chi connectivity index (χ1v) is 4.80. The van der Waals surface area contributed by atoms with Crippen LogP contribution in [0.1, 0.15) is 5.76 Å². The van der Waals surface area contributed by atoms with E-state index in [1.807, 2.05) is 30.3 Å². The van der Waals surface area contributed by atoms with Crippen LogP contribution in [-0.2, 0) is 6.42 Å². The van der Waals surface area contributed by atoms with Crippen LogP contribution in [0.15, 0.2) is 41.0 Å². The van der Waals surface area contributed by atoms with Crippen molar-refractivity contribution in [2.75, 3.05) is 0 Å². The van der Waals surface area contributed by atoms with Crippen molar-refractivity contribution in [3.63, 3.8) is 0 Å². The third kappa shape index (κ3) is 1.83. The van der Waals surface area contributed by atoms with E-state index in [9.17, 15) is 0 Å². The lowest BCUT2D eigenvalue weighted by atomic mass is 10.1. The van der Waals surface area contributed by atoms with Gasteiger partial charge in [0.2, 0.25) is 0 Å². The molecule has 2 rings (SSSR count). The highest BCUT2D eigenvalue weighted by atomic mass is 35.5. The van der Waals surface area contributed by atoms with Crippen LogP contribution in [-0.4, -0.2) is 0 Å². The molecule has 0 amide bonds. The Kier molecular flexibility index (Phi) is 2.60. The van der Waals surface area contributed by atoms with Gasteiger partial charge in [0.05, 0.1) is 6.26 Å². The summed E-state index contributed by atoms with van der Waals surface area (Å²) in [6, 6.07) is 9.68. The second-order valence-corrected chi connectivity index (χ2v) is 3.50. The maximum atomic E-state index is 5.89.